The van der Waals surface area contributed by atoms with Crippen molar-refractivity contribution < 1.29 is 28.5 Å². The van der Waals surface area contributed by atoms with Crippen LogP contribution in [0.2, 0.25) is 0 Å². The number of amides is 1. The minimum absolute atomic E-state index is 0.0549. The number of carbonyl (C=O) groups is 1. The van der Waals surface area contributed by atoms with Crippen molar-refractivity contribution in [3.63, 3.8) is 0 Å². The fourth-order valence-corrected chi connectivity index (χ4v) is 3.62. The van der Waals surface area contributed by atoms with Crippen LogP contribution < -0.4 is 14.8 Å². The first kappa shape index (κ1) is 26.3. The van der Waals surface area contributed by atoms with Crippen molar-refractivity contribution >= 4 is 6.09 Å². The smallest absolute Gasteiger partial charge is 0.407 e. The molecule has 2 rings (SSSR count). The van der Waals surface area contributed by atoms with E-state index in [0.29, 0.717) is 31.7 Å². The Hall–Kier alpha value is -1.99. The molecule has 0 aromatic heterocycles. The molecule has 0 radical (unpaired) electrons. The molecular weight excluding hydrogens is 410 g/mol. The van der Waals surface area contributed by atoms with E-state index in [1.807, 2.05) is 26.8 Å². The number of epoxide rings is 1. The molecule has 0 aliphatic carbocycles. The molecule has 0 bridgehead atoms. The topological polar surface area (TPSA) is 78.6 Å². The van der Waals surface area contributed by atoms with E-state index in [9.17, 15) is 4.79 Å². The predicted molar refractivity (Wildman–Crippen MR) is 125 cm³/mol. The highest BCUT2D eigenvalue weighted by atomic mass is 16.6. The van der Waals surface area contributed by atoms with Crippen LogP contribution in [0.3, 0.4) is 0 Å². The third-order valence-corrected chi connectivity index (χ3v) is 5.49. The molecule has 7 nitrogen and oxygen atoms in total. The normalized spacial score (nSPS) is 17.6. The van der Waals surface area contributed by atoms with Gasteiger partial charge in [0, 0.05) is 20.1 Å². The summed E-state index contributed by atoms with van der Waals surface area (Å²) in [5.74, 6) is 2.26. The maximum atomic E-state index is 12.3. The lowest BCUT2D eigenvalue weighted by molar-refractivity contribution is 0.0483. The number of carbonyl (C=O) groups excluding carboxylic acids is 1. The summed E-state index contributed by atoms with van der Waals surface area (Å²) in [6.45, 7) is 11.9. The first-order valence-corrected chi connectivity index (χ1v) is 11.5. The highest BCUT2D eigenvalue weighted by molar-refractivity contribution is 5.68. The number of hydrogen-bond acceptors (Lipinski definition) is 6. The Labute approximate surface area is 193 Å². The molecule has 7 heteroatoms. The standard InChI is InChI=1S/C25H41NO6/c1-17(2)19(15-20(23-16-31-23)26-24(27)32-25(3,4)5)13-18-9-10-21(29-7)22(14-18)30-12-8-11-28-6/h9-10,14,17,19-20,23H,8,11-13,15-16H2,1-7H3,(H,26,27)/t19-,20?,23?/m0/s1. The third kappa shape index (κ3) is 9.25. The Morgan fingerprint density at radius 3 is 2.47 bits per heavy atom. The average Bonchev–Trinajstić information content (AvgIpc) is 3.54. The van der Waals surface area contributed by atoms with Gasteiger partial charge in [-0.1, -0.05) is 19.9 Å². The van der Waals surface area contributed by atoms with Crippen molar-refractivity contribution in [3.8, 4) is 11.5 Å². The van der Waals surface area contributed by atoms with E-state index in [1.54, 1.807) is 14.2 Å². The van der Waals surface area contributed by atoms with Gasteiger partial charge in [-0.15, -0.1) is 0 Å². The second kappa shape index (κ2) is 12.3. The van der Waals surface area contributed by atoms with E-state index in [-0.39, 0.29) is 12.1 Å². The Kier molecular flexibility index (Phi) is 10.1. The number of benzene rings is 1. The molecule has 1 saturated heterocycles. The fraction of sp³-hybridized carbons (Fsp3) is 0.720. The van der Waals surface area contributed by atoms with E-state index >= 15 is 0 Å². The van der Waals surface area contributed by atoms with Crippen molar-refractivity contribution in [1.29, 1.82) is 0 Å². The number of rotatable bonds is 13. The molecule has 3 atom stereocenters. The lowest BCUT2D eigenvalue weighted by Crippen LogP contribution is -2.43. The number of ether oxygens (including phenoxy) is 5. The molecule has 1 amide bonds. The van der Waals surface area contributed by atoms with Crippen LogP contribution in [0.25, 0.3) is 0 Å². The van der Waals surface area contributed by atoms with Gasteiger partial charge in [-0.2, -0.15) is 0 Å². The van der Waals surface area contributed by atoms with Gasteiger partial charge in [-0.05, 0) is 63.1 Å². The van der Waals surface area contributed by atoms with Crippen LogP contribution in [-0.4, -0.2) is 57.9 Å². The first-order chi connectivity index (χ1) is 15.1. The second-order valence-electron chi connectivity index (χ2n) is 9.75. The number of nitrogens with one attached hydrogen (secondary N) is 1. The largest absolute Gasteiger partial charge is 0.493 e. The van der Waals surface area contributed by atoms with Crippen molar-refractivity contribution in [2.75, 3.05) is 34.0 Å². The molecule has 1 aromatic rings. The highest BCUT2D eigenvalue weighted by Crippen LogP contribution is 2.32. The van der Waals surface area contributed by atoms with Crippen molar-refractivity contribution in [2.45, 2.75) is 71.6 Å². The Morgan fingerprint density at radius 2 is 1.91 bits per heavy atom. The van der Waals surface area contributed by atoms with E-state index in [4.69, 9.17) is 23.7 Å². The lowest BCUT2D eigenvalue weighted by atomic mass is 9.83. The molecule has 32 heavy (non-hydrogen) atoms. The second-order valence-corrected chi connectivity index (χ2v) is 9.75. The quantitative estimate of drug-likeness (QED) is 0.349. The van der Waals surface area contributed by atoms with Gasteiger partial charge in [0.2, 0.25) is 0 Å². The van der Waals surface area contributed by atoms with Gasteiger partial charge < -0.3 is 29.0 Å². The molecule has 0 spiro atoms. The van der Waals surface area contributed by atoms with Crippen LogP contribution in [-0.2, 0) is 20.6 Å². The summed E-state index contributed by atoms with van der Waals surface area (Å²) in [5.41, 5.74) is 0.651. The highest BCUT2D eigenvalue weighted by Gasteiger charge is 2.37. The van der Waals surface area contributed by atoms with Crippen molar-refractivity contribution in [3.05, 3.63) is 23.8 Å². The van der Waals surface area contributed by atoms with Gasteiger partial charge in [0.05, 0.1) is 26.4 Å². The predicted octanol–water partition coefficient (Wildman–Crippen LogP) is 4.61. The van der Waals surface area contributed by atoms with E-state index < -0.39 is 11.7 Å². The van der Waals surface area contributed by atoms with Gasteiger partial charge in [0.25, 0.3) is 0 Å². The summed E-state index contributed by atoms with van der Waals surface area (Å²) < 4.78 is 27.5. The summed E-state index contributed by atoms with van der Waals surface area (Å²) in [4.78, 5) is 12.3. The zero-order chi connectivity index (χ0) is 23.7. The summed E-state index contributed by atoms with van der Waals surface area (Å²) in [6, 6.07) is 6.03. The Balaban J connectivity index is 2.05. The molecule has 1 aliphatic heterocycles. The van der Waals surface area contributed by atoms with Gasteiger partial charge in [0.15, 0.2) is 11.5 Å². The number of methoxy groups -OCH3 is 2. The van der Waals surface area contributed by atoms with E-state index in [2.05, 4.69) is 31.3 Å². The molecule has 1 N–H and O–H groups in total. The average molecular weight is 452 g/mol. The van der Waals surface area contributed by atoms with Crippen LogP contribution in [0.1, 0.15) is 53.0 Å². The van der Waals surface area contributed by atoms with Crippen LogP contribution >= 0.6 is 0 Å². The summed E-state index contributed by atoms with van der Waals surface area (Å²) >= 11 is 0. The van der Waals surface area contributed by atoms with Gasteiger partial charge in [0.1, 0.15) is 11.7 Å². The summed E-state index contributed by atoms with van der Waals surface area (Å²) in [5, 5.41) is 3.03. The van der Waals surface area contributed by atoms with Gasteiger partial charge >= 0.3 is 6.09 Å². The number of hydrogen-bond donors (Lipinski definition) is 1. The van der Waals surface area contributed by atoms with Crippen LogP contribution in [0.5, 0.6) is 11.5 Å². The molecule has 0 saturated carbocycles. The number of alkyl carbamates (subject to hydrolysis) is 1. The van der Waals surface area contributed by atoms with Gasteiger partial charge in [-0.25, -0.2) is 4.79 Å². The Morgan fingerprint density at radius 1 is 1.19 bits per heavy atom. The molecule has 1 aromatic carbocycles. The molecule has 182 valence electrons. The summed E-state index contributed by atoms with van der Waals surface area (Å²) in [7, 11) is 3.33. The maximum absolute atomic E-state index is 12.3. The summed E-state index contributed by atoms with van der Waals surface area (Å²) in [6.07, 6.45) is 2.17. The monoisotopic (exact) mass is 451 g/mol. The minimum atomic E-state index is -0.529. The fourth-order valence-electron chi connectivity index (χ4n) is 3.62. The molecule has 1 aliphatic rings. The molecular formula is C25H41NO6. The first-order valence-electron chi connectivity index (χ1n) is 11.5. The zero-order valence-corrected chi connectivity index (χ0v) is 20.7. The SMILES string of the molecule is COCCCOc1cc(C[C@@H](CC(NC(=O)OC(C)(C)C)C2CO2)C(C)C)ccc1OC. The molecule has 2 unspecified atom stereocenters. The van der Waals surface area contributed by atoms with E-state index in [0.717, 1.165) is 30.8 Å². The van der Waals surface area contributed by atoms with Crippen LogP contribution in [0.15, 0.2) is 18.2 Å². The van der Waals surface area contributed by atoms with Crippen LogP contribution in [0, 0.1) is 11.8 Å². The third-order valence-electron chi connectivity index (χ3n) is 5.49. The van der Waals surface area contributed by atoms with Crippen molar-refractivity contribution in [1.82, 2.24) is 5.32 Å². The Bertz CT molecular complexity index is 711. The van der Waals surface area contributed by atoms with E-state index in [1.165, 1.54) is 5.56 Å². The van der Waals surface area contributed by atoms with Crippen LogP contribution in [0.4, 0.5) is 4.79 Å². The molecule has 1 fully saturated rings. The zero-order valence-electron chi connectivity index (χ0n) is 20.7. The molecule has 1 heterocycles. The van der Waals surface area contributed by atoms with Crippen molar-refractivity contribution in [2.24, 2.45) is 11.8 Å². The lowest BCUT2D eigenvalue weighted by Gasteiger charge is -2.28. The maximum Gasteiger partial charge on any atom is 0.407 e. The minimum Gasteiger partial charge on any atom is -0.493 e. The van der Waals surface area contributed by atoms with Gasteiger partial charge in [-0.3, -0.25) is 0 Å².